The fourth-order valence-electron chi connectivity index (χ4n) is 1.62. The highest BCUT2D eigenvalue weighted by Gasteiger charge is 2.07. The fourth-order valence-corrected chi connectivity index (χ4v) is 1.90. The van der Waals surface area contributed by atoms with Crippen LogP contribution in [0.2, 0.25) is 0 Å². The van der Waals surface area contributed by atoms with E-state index in [1.54, 1.807) is 17.8 Å². The zero-order chi connectivity index (χ0) is 15.8. The number of nitrogens with one attached hydrogen (secondary N) is 2. The van der Waals surface area contributed by atoms with Crippen LogP contribution >= 0.6 is 15.9 Å². The van der Waals surface area contributed by atoms with Gasteiger partial charge in [-0.1, -0.05) is 36.9 Å². The first-order valence-electron chi connectivity index (χ1n) is 6.21. The number of nitrogens with zero attached hydrogens (tertiary/aromatic N) is 2. The molecule has 1 heterocycles. The lowest BCUT2D eigenvalue weighted by molar-refractivity contribution is -0.106. The zero-order valence-electron chi connectivity index (χ0n) is 11.9. The number of benzene rings is 1. The molecule has 0 aliphatic carbocycles. The molecule has 1 aromatic heterocycles. The van der Waals surface area contributed by atoms with Crippen LogP contribution in [0, 0.1) is 5.41 Å². The first kappa shape index (κ1) is 16.8. The van der Waals surface area contributed by atoms with Gasteiger partial charge in [-0.3, -0.25) is 9.98 Å². The van der Waals surface area contributed by atoms with Gasteiger partial charge in [-0.2, -0.15) is 0 Å². The van der Waals surface area contributed by atoms with E-state index < -0.39 is 0 Å². The van der Waals surface area contributed by atoms with Crippen molar-refractivity contribution in [3.05, 3.63) is 48.6 Å². The molecule has 0 saturated heterocycles. The second kappa shape index (κ2) is 8.16. The summed E-state index contributed by atoms with van der Waals surface area (Å²) in [5, 5.41) is 10.9. The predicted octanol–water partition coefficient (Wildman–Crippen LogP) is 3.10. The number of carbonyl (C=O) groups is 1. The first-order valence-corrected chi connectivity index (χ1v) is 7.00. The van der Waals surface area contributed by atoms with Crippen molar-refractivity contribution < 1.29 is 4.79 Å². The van der Waals surface area contributed by atoms with Crippen LogP contribution in [0.25, 0.3) is 15.9 Å². The molecule has 0 atom stereocenters. The van der Waals surface area contributed by atoms with Crippen molar-refractivity contribution in [2.45, 2.75) is 6.92 Å². The van der Waals surface area contributed by atoms with Crippen LogP contribution < -0.4 is 10.8 Å². The van der Waals surface area contributed by atoms with Crippen LogP contribution in [0.5, 0.6) is 0 Å². The Bertz CT molecular complexity index is 680. The van der Waals surface area contributed by atoms with E-state index in [1.807, 2.05) is 30.3 Å². The molecule has 1 aromatic carbocycles. The van der Waals surface area contributed by atoms with Crippen molar-refractivity contribution >= 4 is 32.6 Å². The maximum absolute atomic E-state index is 8.81. The maximum atomic E-state index is 8.81. The molecule has 0 fully saturated rings. The van der Waals surface area contributed by atoms with Gasteiger partial charge in [0.2, 0.25) is 0 Å². The third-order valence-electron chi connectivity index (χ3n) is 2.52. The fraction of sp³-hybridized carbons (Fsp3) is 0.133. The number of aldehydes is 1. The number of aromatic nitrogens is 2. The van der Waals surface area contributed by atoms with E-state index in [-0.39, 0.29) is 5.49 Å². The summed E-state index contributed by atoms with van der Waals surface area (Å²) in [7, 11) is 1.75. The smallest absolute Gasteiger partial charge is 0.173 e. The Kier molecular flexibility index (Phi) is 6.55. The highest BCUT2D eigenvalue weighted by molar-refractivity contribution is 9.14. The van der Waals surface area contributed by atoms with E-state index in [9.17, 15) is 0 Å². The molecule has 0 amide bonds. The molecule has 0 aliphatic heterocycles. The molecule has 21 heavy (non-hydrogen) atoms. The Labute approximate surface area is 132 Å². The molecular formula is C15H17BrN4O. The van der Waals surface area contributed by atoms with E-state index in [4.69, 9.17) is 10.2 Å². The third-order valence-corrected chi connectivity index (χ3v) is 2.90. The quantitative estimate of drug-likeness (QED) is 0.837. The molecule has 0 spiro atoms. The molecule has 0 unspecified atom stereocenters. The summed E-state index contributed by atoms with van der Waals surface area (Å²) in [6.45, 7) is 5.24. The highest BCUT2D eigenvalue weighted by Crippen LogP contribution is 2.18. The van der Waals surface area contributed by atoms with E-state index in [0.717, 1.165) is 17.5 Å². The van der Waals surface area contributed by atoms with Gasteiger partial charge >= 0.3 is 0 Å². The zero-order valence-corrected chi connectivity index (χ0v) is 13.5. The van der Waals surface area contributed by atoms with Gasteiger partial charge in [0, 0.05) is 18.8 Å². The van der Waals surface area contributed by atoms with Crippen LogP contribution in [0.15, 0.2) is 43.1 Å². The SMILES string of the molecule is C=C(Br)n1cc(-c2ccccc2)nc(NC)c1=N.CC=O. The van der Waals surface area contributed by atoms with Crippen molar-refractivity contribution in [3.63, 3.8) is 0 Å². The summed E-state index contributed by atoms with van der Waals surface area (Å²) >= 11 is 3.30. The number of hydrogen-bond acceptors (Lipinski definition) is 4. The van der Waals surface area contributed by atoms with E-state index in [2.05, 4.69) is 32.8 Å². The monoisotopic (exact) mass is 348 g/mol. The van der Waals surface area contributed by atoms with Crippen LogP contribution in [0.4, 0.5) is 5.82 Å². The van der Waals surface area contributed by atoms with E-state index in [1.165, 1.54) is 6.92 Å². The molecule has 0 saturated carbocycles. The molecule has 0 aliphatic rings. The van der Waals surface area contributed by atoms with Gasteiger partial charge in [-0.05, 0) is 22.9 Å². The third kappa shape index (κ3) is 4.39. The molecule has 2 N–H and O–H groups in total. The van der Waals surface area contributed by atoms with E-state index in [0.29, 0.717) is 10.4 Å². The molecular weight excluding hydrogens is 332 g/mol. The summed E-state index contributed by atoms with van der Waals surface area (Å²) in [5.41, 5.74) is 2.05. The Morgan fingerprint density at radius 2 is 2.00 bits per heavy atom. The number of halogens is 1. The van der Waals surface area contributed by atoms with Crippen LogP contribution in [0.1, 0.15) is 6.92 Å². The normalized spacial score (nSPS) is 9.29. The highest BCUT2D eigenvalue weighted by atomic mass is 79.9. The second-order valence-electron chi connectivity index (χ2n) is 3.92. The van der Waals surface area contributed by atoms with Gasteiger partial charge in [0.15, 0.2) is 11.3 Å². The van der Waals surface area contributed by atoms with Gasteiger partial charge < -0.3 is 10.1 Å². The standard InChI is InChI=1S/C13H13BrN4.C2H4O/c1-9(14)18-8-11(10-6-4-3-5-7-10)17-13(16-2)12(18)15;1-2-3/h3-8,15H,1H2,2H3,(H,16,17);2H,1H3. The summed E-state index contributed by atoms with van der Waals surface area (Å²) in [5.74, 6) is 0.511. The lowest BCUT2D eigenvalue weighted by atomic mass is 10.2. The molecule has 110 valence electrons. The van der Waals surface area contributed by atoms with Crippen molar-refractivity contribution in [1.29, 1.82) is 5.41 Å². The lowest BCUT2D eigenvalue weighted by Crippen LogP contribution is -2.22. The second-order valence-corrected chi connectivity index (χ2v) is 4.84. The first-order chi connectivity index (χ1) is 10.0. The Morgan fingerprint density at radius 1 is 1.43 bits per heavy atom. The van der Waals surface area contributed by atoms with Crippen molar-refractivity contribution in [1.82, 2.24) is 9.55 Å². The minimum atomic E-state index is 0.263. The molecule has 6 heteroatoms. The molecule has 0 radical (unpaired) electrons. The molecule has 5 nitrogen and oxygen atoms in total. The average Bonchev–Trinajstić information content (AvgIpc) is 2.49. The molecule has 0 bridgehead atoms. The number of hydrogen-bond donors (Lipinski definition) is 2. The predicted molar refractivity (Wildman–Crippen MR) is 89.1 cm³/mol. The van der Waals surface area contributed by atoms with Gasteiger partial charge in [0.1, 0.15) is 6.29 Å². The largest absolute Gasteiger partial charge is 0.370 e. The minimum absolute atomic E-state index is 0.263. The number of rotatable bonds is 3. The van der Waals surface area contributed by atoms with Gasteiger partial charge in [-0.15, -0.1) is 0 Å². The van der Waals surface area contributed by atoms with Crippen LogP contribution in [-0.2, 0) is 4.79 Å². The van der Waals surface area contributed by atoms with Crippen molar-refractivity contribution in [2.75, 3.05) is 12.4 Å². The van der Waals surface area contributed by atoms with Gasteiger partial charge in [0.05, 0.1) is 10.3 Å². The maximum Gasteiger partial charge on any atom is 0.173 e. The summed E-state index contributed by atoms with van der Waals surface area (Å²) in [6.07, 6.45) is 2.54. The molecule has 2 rings (SSSR count). The van der Waals surface area contributed by atoms with Gasteiger partial charge in [-0.25, -0.2) is 4.98 Å². The summed E-state index contributed by atoms with van der Waals surface area (Å²) in [4.78, 5) is 13.2. The van der Waals surface area contributed by atoms with Gasteiger partial charge in [0.25, 0.3) is 0 Å². The number of anilines is 1. The minimum Gasteiger partial charge on any atom is -0.370 e. The van der Waals surface area contributed by atoms with E-state index >= 15 is 0 Å². The average molecular weight is 349 g/mol. The Hall–Kier alpha value is -2.21. The van der Waals surface area contributed by atoms with Crippen LogP contribution in [-0.4, -0.2) is 22.9 Å². The van der Waals surface area contributed by atoms with Crippen molar-refractivity contribution in [2.24, 2.45) is 0 Å². The topological polar surface area (TPSA) is 70.8 Å². The van der Waals surface area contributed by atoms with Crippen LogP contribution in [0.3, 0.4) is 0 Å². The number of carbonyl (C=O) groups excluding carboxylic acids is 1. The van der Waals surface area contributed by atoms with Crippen molar-refractivity contribution in [3.8, 4) is 11.3 Å². The molecule has 2 aromatic rings. The Balaban J connectivity index is 0.000000677. The Morgan fingerprint density at radius 3 is 2.48 bits per heavy atom. The lowest BCUT2D eigenvalue weighted by Gasteiger charge is -2.11. The summed E-state index contributed by atoms with van der Waals surface area (Å²) in [6, 6.07) is 9.83. The summed E-state index contributed by atoms with van der Waals surface area (Å²) < 4.78 is 2.24.